The lowest BCUT2D eigenvalue weighted by Gasteiger charge is -2.35. The molecule has 0 aromatic heterocycles. The molecule has 2 unspecified atom stereocenters. The van der Waals surface area contributed by atoms with Crippen LogP contribution in [-0.2, 0) is 4.79 Å². The predicted octanol–water partition coefficient (Wildman–Crippen LogP) is 3.11. The Morgan fingerprint density at radius 3 is 2.64 bits per heavy atom. The molecule has 2 heterocycles. The summed E-state index contributed by atoms with van der Waals surface area (Å²) < 4.78 is 5.54. The molecule has 1 aromatic rings. The number of amides is 1. The molecule has 0 aliphatic carbocycles. The van der Waals surface area contributed by atoms with E-state index in [2.05, 4.69) is 5.32 Å². The van der Waals surface area contributed by atoms with Gasteiger partial charge in [0.25, 0.3) is 5.91 Å². The number of benzene rings is 1. The first-order chi connectivity index (χ1) is 10.5. The fourth-order valence-corrected chi connectivity index (χ4v) is 3.84. The third-order valence-corrected chi connectivity index (χ3v) is 5.16. The minimum Gasteiger partial charge on any atom is -0.482 e. The number of hydrogen-bond donors (Lipinski definition) is 1. The standard InChI is InChI=1S/C16H20Cl2N2O2/c1-20(13-7-11-3-4-12(8-13)19-11)16(21)9-22-15-5-2-10(17)6-14(15)18/h2,5-6,11-13,19H,3-4,7-9H2,1H3. The number of likely N-dealkylation sites (N-methyl/N-ethyl adjacent to an activating group) is 1. The first-order valence-corrected chi connectivity index (χ1v) is 8.38. The smallest absolute Gasteiger partial charge is 0.260 e. The van der Waals surface area contributed by atoms with Gasteiger partial charge in [0.1, 0.15) is 5.75 Å². The van der Waals surface area contributed by atoms with Gasteiger partial charge in [-0.2, -0.15) is 0 Å². The SMILES string of the molecule is CN(C(=O)COc1ccc(Cl)cc1Cl)C1CC2CCC(C1)N2. The number of piperidine rings is 1. The zero-order valence-electron chi connectivity index (χ0n) is 12.5. The van der Waals surface area contributed by atoms with Crippen molar-refractivity contribution in [3.8, 4) is 5.75 Å². The maximum absolute atomic E-state index is 12.3. The van der Waals surface area contributed by atoms with Crippen molar-refractivity contribution in [1.29, 1.82) is 0 Å². The van der Waals surface area contributed by atoms with Gasteiger partial charge >= 0.3 is 0 Å². The molecule has 6 heteroatoms. The monoisotopic (exact) mass is 342 g/mol. The Morgan fingerprint density at radius 1 is 1.32 bits per heavy atom. The molecule has 2 aliphatic heterocycles. The van der Waals surface area contributed by atoms with Gasteiger partial charge in [0.05, 0.1) is 5.02 Å². The van der Waals surface area contributed by atoms with E-state index in [4.69, 9.17) is 27.9 Å². The minimum atomic E-state index is -0.0164. The first-order valence-electron chi connectivity index (χ1n) is 7.62. The van der Waals surface area contributed by atoms with Crippen LogP contribution in [0, 0.1) is 0 Å². The Hall–Kier alpha value is -0.970. The number of ether oxygens (including phenoxy) is 1. The maximum Gasteiger partial charge on any atom is 0.260 e. The molecule has 120 valence electrons. The average Bonchev–Trinajstić information content (AvgIpc) is 2.83. The number of carbonyl (C=O) groups is 1. The Bertz CT molecular complexity index is 555. The predicted molar refractivity (Wildman–Crippen MR) is 87.7 cm³/mol. The van der Waals surface area contributed by atoms with E-state index in [1.807, 2.05) is 11.9 Å². The van der Waals surface area contributed by atoms with Crippen molar-refractivity contribution in [2.24, 2.45) is 0 Å². The van der Waals surface area contributed by atoms with Crippen LogP contribution < -0.4 is 10.1 Å². The maximum atomic E-state index is 12.3. The van der Waals surface area contributed by atoms with Crippen molar-refractivity contribution in [3.63, 3.8) is 0 Å². The van der Waals surface area contributed by atoms with Gasteiger partial charge in [-0.1, -0.05) is 23.2 Å². The van der Waals surface area contributed by atoms with Gasteiger partial charge in [-0.05, 0) is 43.9 Å². The number of rotatable bonds is 4. The molecule has 3 rings (SSSR count). The van der Waals surface area contributed by atoms with Crippen LogP contribution in [0.4, 0.5) is 0 Å². The molecule has 0 spiro atoms. The molecule has 0 saturated carbocycles. The molecule has 1 amide bonds. The van der Waals surface area contributed by atoms with Gasteiger partial charge in [0.15, 0.2) is 6.61 Å². The van der Waals surface area contributed by atoms with Crippen LogP contribution >= 0.6 is 23.2 Å². The second kappa shape index (κ2) is 6.65. The van der Waals surface area contributed by atoms with Gasteiger partial charge < -0.3 is 15.0 Å². The molecular weight excluding hydrogens is 323 g/mol. The van der Waals surface area contributed by atoms with Crippen LogP contribution in [-0.4, -0.2) is 42.6 Å². The minimum absolute atomic E-state index is 0.00286. The van der Waals surface area contributed by atoms with Crippen molar-refractivity contribution in [2.45, 2.75) is 43.8 Å². The molecule has 2 aliphatic rings. The lowest BCUT2D eigenvalue weighted by molar-refractivity contribution is -0.134. The summed E-state index contributed by atoms with van der Waals surface area (Å²) in [5.74, 6) is 0.468. The highest BCUT2D eigenvalue weighted by atomic mass is 35.5. The number of fused-ring (bicyclic) bond motifs is 2. The third kappa shape index (κ3) is 3.50. The molecule has 22 heavy (non-hydrogen) atoms. The second-order valence-electron chi connectivity index (χ2n) is 6.13. The highest BCUT2D eigenvalue weighted by Crippen LogP contribution is 2.30. The zero-order valence-corrected chi connectivity index (χ0v) is 14.0. The fourth-order valence-electron chi connectivity index (χ4n) is 3.38. The molecule has 2 atom stereocenters. The van der Waals surface area contributed by atoms with E-state index in [9.17, 15) is 4.79 Å². The number of hydrogen-bond acceptors (Lipinski definition) is 3. The van der Waals surface area contributed by atoms with Gasteiger partial charge in [-0.15, -0.1) is 0 Å². The Kier molecular flexibility index (Phi) is 4.81. The molecule has 1 aromatic carbocycles. The Labute approximate surface area is 140 Å². The molecule has 0 radical (unpaired) electrons. The summed E-state index contributed by atoms with van der Waals surface area (Å²) in [6.07, 6.45) is 4.50. The molecule has 4 nitrogen and oxygen atoms in total. The number of nitrogens with zero attached hydrogens (tertiary/aromatic N) is 1. The van der Waals surface area contributed by atoms with Crippen LogP contribution in [0.25, 0.3) is 0 Å². The third-order valence-electron chi connectivity index (χ3n) is 4.63. The van der Waals surface area contributed by atoms with Crippen molar-refractivity contribution in [1.82, 2.24) is 10.2 Å². The van der Waals surface area contributed by atoms with Gasteiger partial charge in [0.2, 0.25) is 0 Å². The molecule has 2 fully saturated rings. The first kappa shape index (κ1) is 15.9. The number of halogens is 2. The second-order valence-corrected chi connectivity index (χ2v) is 6.97. The van der Waals surface area contributed by atoms with Crippen LogP contribution in [0.5, 0.6) is 5.75 Å². The van der Waals surface area contributed by atoms with Crippen molar-refractivity contribution in [2.75, 3.05) is 13.7 Å². The van der Waals surface area contributed by atoms with Crippen molar-refractivity contribution in [3.05, 3.63) is 28.2 Å². The summed E-state index contributed by atoms with van der Waals surface area (Å²) in [5.41, 5.74) is 0. The van der Waals surface area contributed by atoms with Crippen LogP contribution in [0.3, 0.4) is 0 Å². The van der Waals surface area contributed by atoms with Crippen molar-refractivity contribution >= 4 is 29.1 Å². The van der Waals surface area contributed by atoms with E-state index in [0.717, 1.165) is 12.8 Å². The summed E-state index contributed by atoms with van der Waals surface area (Å²) >= 11 is 11.9. The summed E-state index contributed by atoms with van der Waals surface area (Å²) in [6, 6.07) is 6.41. The van der Waals surface area contributed by atoms with E-state index in [0.29, 0.717) is 33.9 Å². The largest absolute Gasteiger partial charge is 0.482 e. The van der Waals surface area contributed by atoms with E-state index in [-0.39, 0.29) is 12.5 Å². The number of nitrogens with one attached hydrogen (secondary N) is 1. The summed E-state index contributed by atoms with van der Waals surface area (Å²) in [7, 11) is 1.87. The summed E-state index contributed by atoms with van der Waals surface area (Å²) in [6.45, 7) is -0.00286. The topological polar surface area (TPSA) is 41.6 Å². The summed E-state index contributed by atoms with van der Waals surface area (Å²) in [5, 5.41) is 4.55. The normalized spacial score (nSPS) is 26.8. The Balaban J connectivity index is 1.55. The number of carbonyl (C=O) groups excluding carboxylic acids is 1. The lowest BCUT2D eigenvalue weighted by atomic mass is 9.98. The molecular formula is C16H20Cl2N2O2. The lowest BCUT2D eigenvalue weighted by Crippen LogP contribution is -2.49. The van der Waals surface area contributed by atoms with Crippen LogP contribution in [0.2, 0.25) is 10.0 Å². The van der Waals surface area contributed by atoms with Gasteiger partial charge in [-0.3, -0.25) is 4.79 Å². The Morgan fingerprint density at radius 2 is 2.00 bits per heavy atom. The van der Waals surface area contributed by atoms with Crippen LogP contribution in [0.15, 0.2) is 18.2 Å². The zero-order chi connectivity index (χ0) is 15.7. The summed E-state index contributed by atoms with van der Waals surface area (Å²) in [4.78, 5) is 14.2. The van der Waals surface area contributed by atoms with Crippen molar-refractivity contribution < 1.29 is 9.53 Å². The molecule has 2 bridgehead atoms. The molecule has 1 N–H and O–H groups in total. The van der Waals surface area contributed by atoms with E-state index < -0.39 is 0 Å². The van der Waals surface area contributed by atoms with Gasteiger partial charge in [0, 0.05) is 30.2 Å². The average molecular weight is 343 g/mol. The molecule has 2 saturated heterocycles. The van der Waals surface area contributed by atoms with Gasteiger partial charge in [-0.25, -0.2) is 0 Å². The quantitative estimate of drug-likeness (QED) is 0.913. The van der Waals surface area contributed by atoms with E-state index in [1.165, 1.54) is 12.8 Å². The van der Waals surface area contributed by atoms with E-state index in [1.54, 1.807) is 18.2 Å². The van der Waals surface area contributed by atoms with E-state index >= 15 is 0 Å². The highest BCUT2D eigenvalue weighted by Gasteiger charge is 2.36. The fraction of sp³-hybridized carbons (Fsp3) is 0.562. The van der Waals surface area contributed by atoms with Crippen LogP contribution in [0.1, 0.15) is 25.7 Å². The highest BCUT2D eigenvalue weighted by molar-refractivity contribution is 6.35.